The Morgan fingerprint density at radius 1 is 0.838 bits per heavy atom. The minimum absolute atomic E-state index is 0. The lowest BCUT2D eigenvalue weighted by Crippen LogP contribution is -2.48. The molecule has 1 aromatic heterocycles. The van der Waals surface area contributed by atoms with Gasteiger partial charge < -0.3 is 23.8 Å². The van der Waals surface area contributed by atoms with E-state index < -0.39 is 0 Å². The first-order valence-corrected chi connectivity index (χ1v) is 12.3. The second kappa shape index (κ2) is 13.5. The van der Waals surface area contributed by atoms with E-state index in [0.717, 1.165) is 67.6 Å². The van der Waals surface area contributed by atoms with Crippen LogP contribution in [0.3, 0.4) is 0 Å². The van der Waals surface area contributed by atoms with Crippen LogP contribution >= 0.6 is 12.4 Å². The maximum atomic E-state index is 5.78. The summed E-state index contributed by atoms with van der Waals surface area (Å²) in [6.45, 7) is 7.66. The van der Waals surface area contributed by atoms with Crippen LogP contribution in [0.25, 0.3) is 0 Å². The molecule has 4 rings (SSSR count). The molecule has 1 unspecified atom stereocenters. The molecule has 0 saturated carbocycles. The number of aromatic nitrogens is 4. The van der Waals surface area contributed by atoms with Gasteiger partial charge in [-0.05, 0) is 59.3 Å². The number of nitrogens with zero attached hydrogens (tertiary/aromatic N) is 6. The number of methoxy groups -OCH3 is 4. The molecule has 1 aliphatic rings. The number of hydrogen-bond acceptors (Lipinski definition) is 9. The summed E-state index contributed by atoms with van der Waals surface area (Å²) in [4.78, 5) is 4.89. The van der Waals surface area contributed by atoms with Crippen LogP contribution in [0.2, 0.25) is 0 Å². The average molecular weight is 533 g/mol. The second-order valence-electron chi connectivity index (χ2n) is 8.68. The minimum Gasteiger partial charge on any atom is -0.497 e. The monoisotopic (exact) mass is 532 g/mol. The minimum atomic E-state index is -0.172. The summed E-state index contributed by atoms with van der Waals surface area (Å²) in [5.41, 5.74) is 2.10. The van der Waals surface area contributed by atoms with Crippen LogP contribution < -0.4 is 18.9 Å². The third-order valence-corrected chi connectivity index (χ3v) is 6.82. The highest BCUT2D eigenvalue weighted by Gasteiger charge is 2.32. The van der Waals surface area contributed by atoms with Crippen molar-refractivity contribution in [2.24, 2.45) is 0 Å². The summed E-state index contributed by atoms with van der Waals surface area (Å²) < 4.78 is 24.1. The molecule has 2 heterocycles. The zero-order chi connectivity index (χ0) is 25.5. The predicted octanol–water partition coefficient (Wildman–Crippen LogP) is 3.10. The van der Waals surface area contributed by atoms with Gasteiger partial charge in [0, 0.05) is 38.3 Å². The molecule has 0 radical (unpaired) electrons. The number of ether oxygens (including phenoxy) is 4. The van der Waals surface area contributed by atoms with E-state index in [1.54, 1.807) is 28.4 Å². The van der Waals surface area contributed by atoms with Crippen LogP contribution in [0.4, 0.5) is 0 Å². The molecule has 1 aliphatic heterocycles. The Balaban J connectivity index is 0.00000380. The van der Waals surface area contributed by atoms with Gasteiger partial charge >= 0.3 is 0 Å². The zero-order valence-electron chi connectivity index (χ0n) is 22.2. The van der Waals surface area contributed by atoms with Crippen LogP contribution in [-0.2, 0) is 13.0 Å². The molecule has 0 bridgehead atoms. The Morgan fingerprint density at radius 2 is 1.54 bits per heavy atom. The molecule has 3 aromatic rings. The van der Waals surface area contributed by atoms with Crippen molar-refractivity contribution >= 4 is 12.4 Å². The summed E-state index contributed by atoms with van der Waals surface area (Å²) in [5.74, 6) is 3.76. The smallest absolute Gasteiger partial charge is 0.173 e. The standard InChI is InChI=1S/C26H36N6O4.ClH/c1-6-30-13-15-31(16-14-30)25(21-18-20(33-2)8-10-22(21)34-3)26-27-28-29-32(26)12-11-19-7-9-23(35-4)24(17-19)36-5;/h7-10,17-18,25H,6,11-16H2,1-5H3;1H. The van der Waals surface area contributed by atoms with E-state index in [4.69, 9.17) is 18.9 Å². The van der Waals surface area contributed by atoms with Crippen molar-refractivity contribution in [3.8, 4) is 23.0 Å². The highest BCUT2D eigenvalue weighted by atomic mass is 35.5. The van der Waals surface area contributed by atoms with Gasteiger partial charge in [0.1, 0.15) is 17.5 Å². The van der Waals surface area contributed by atoms with Crippen molar-refractivity contribution in [3.63, 3.8) is 0 Å². The van der Waals surface area contributed by atoms with Crippen molar-refractivity contribution in [3.05, 3.63) is 53.3 Å². The molecule has 1 fully saturated rings. The van der Waals surface area contributed by atoms with Gasteiger partial charge in [0.05, 0.1) is 28.4 Å². The fraction of sp³-hybridized carbons (Fsp3) is 0.500. The van der Waals surface area contributed by atoms with Crippen molar-refractivity contribution in [2.75, 3.05) is 61.2 Å². The number of piperazine rings is 1. The number of aryl methyl sites for hydroxylation is 2. The predicted molar refractivity (Wildman–Crippen MR) is 143 cm³/mol. The van der Waals surface area contributed by atoms with Gasteiger partial charge in [-0.25, -0.2) is 4.68 Å². The van der Waals surface area contributed by atoms with E-state index in [-0.39, 0.29) is 18.4 Å². The van der Waals surface area contributed by atoms with Gasteiger partial charge in [-0.3, -0.25) is 4.90 Å². The van der Waals surface area contributed by atoms with Crippen molar-refractivity contribution in [1.82, 2.24) is 30.0 Å². The normalized spacial score (nSPS) is 15.1. The lowest BCUT2D eigenvalue weighted by molar-refractivity contribution is 0.107. The highest BCUT2D eigenvalue weighted by Crippen LogP contribution is 2.37. The van der Waals surface area contributed by atoms with Gasteiger partial charge in [-0.15, -0.1) is 17.5 Å². The molecule has 1 atom stereocenters. The molecule has 11 heteroatoms. The molecule has 10 nitrogen and oxygen atoms in total. The highest BCUT2D eigenvalue weighted by molar-refractivity contribution is 5.85. The van der Waals surface area contributed by atoms with E-state index >= 15 is 0 Å². The maximum absolute atomic E-state index is 5.78. The Hall–Kier alpha value is -3.08. The summed E-state index contributed by atoms with van der Waals surface area (Å²) >= 11 is 0. The third kappa shape index (κ3) is 6.44. The van der Waals surface area contributed by atoms with Gasteiger partial charge in [0.15, 0.2) is 17.3 Å². The van der Waals surface area contributed by atoms with Crippen LogP contribution in [-0.4, -0.2) is 91.2 Å². The number of benzene rings is 2. The molecule has 0 N–H and O–H groups in total. The first-order chi connectivity index (χ1) is 17.6. The first-order valence-electron chi connectivity index (χ1n) is 12.3. The molecule has 0 aliphatic carbocycles. The molecule has 1 saturated heterocycles. The number of rotatable bonds is 11. The molecular formula is C26H37ClN6O4. The quantitative estimate of drug-likeness (QED) is 0.369. The Kier molecular flexibility index (Phi) is 10.4. The SMILES string of the molecule is CCN1CCN(C(c2cc(OC)ccc2OC)c2nnnn2CCc2ccc(OC)c(OC)c2)CC1.Cl. The molecule has 37 heavy (non-hydrogen) atoms. The van der Waals surface area contributed by atoms with E-state index in [1.807, 2.05) is 41.1 Å². The molecule has 2 aromatic carbocycles. The Labute approximate surface area is 224 Å². The maximum Gasteiger partial charge on any atom is 0.173 e. The largest absolute Gasteiger partial charge is 0.497 e. The summed E-state index contributed by atoms with van der Waals surface area (Å²) in [6.07, 6.45) is 0.740. The summed E-state index contributed by atoms with van der Waals surface area (Å²) in [5, 5.41) is 13.0. The molecular weight excluding hydrogens is 496 g/mol. The topological polar surface area (TPSA) is 87.0 Å². The Morgan fingerprint density at radius 3 is 2.19 bits per heavy atom. The van der Waals surface area contributed by atoms with Crippen LogP contribution in [0.15, 0.2) is 36.4 Å². The summed E-state index contributed by atoms with van der Waals surface area (Å²) in [7, 11) is 6.65. The van der Waals surface area contributed by atoms with Crippen LogP contribution in [0.5, 0.6) is 23.0 Å². The molecule has 0 amide bonds. The average Bonchev–Trinajstić information content (AvgIpc) is 3.40. The van der Waals surface area contributed by atoms with Gasteiger partial charge in [-0.1, -0.05) is 13.0 Å². The lowest BCUT2D eigenvalue weighted by atomic mass is 10.0. The van der Waals surface area contributed by atoms with E-state index in [1.165, 1.54) is 0 Å². The fourth-order valence-electron chi connectivity index (χ4n) is 4.73. The zero-order valence-corrected chi connectivity index (χ0v) is 23.0. The third-order valence-electron chi connectivity index (χ3n) is 6.82. The van der Waals surface area contributed by atoms with Crippen molar-refractivity contribution in [1.29, 1.82) is 0 Å². The first kappa shape index (κ1) is 28.5. The number of hydrogen-bond donors (Lipinski definition) is 0. The Bertz CT molecular complexity index is 1140. The summed E-state index contributed by atoms with van der Waals surface area (Å²) in [6, 6.07) is 11.7. The van der Waals surface area contributed by atoms with Crippen LogP contribution in [0.1, 0.15) is 29.9 Å². The van der Waals surface area contributed by atoms with Gasteiger partial charge in [0.2, 0.25) is 0 Å². The van der Waals surface area contributed by atoms with E-state index in [0.29, 0.717) is 18.0 Å². The molecule has 202 valence electrons. The van der Waals surface area contributed by atoms with Crippen LogP contribution in [0, 0.1) is 0 Å². The van der Waals surface area contributed by atoms with Crippen molar-refractivity contribution in [2.45, 2.75) is 25.9 Å². The van der Waals surface area contributed by atoms with Crippen molar-refractivity contribution < 1.29 is 18.9 Å². The van der Waals surface area contributed by atoms with E-state index in [9.17, 15) is 0 Å². The fourth-order valence-corrected chi connectivity index (χ4v) is 4.73. The lowest BCUT2D eigenvalue weighted by Gasteiger charge is -2.38. The number of halogens is 1. The van der Waals surface area contributed by atoms with Gasteiger partial charge in [0.25, 0.3) is 0 Å². The molecule has 0 spiro atoms. The number of likely N-dealkylation sites (N-methyl/N-ethyl adjacent to an activating group) is 1. The number of tetrazole rings is 1. The second-order valence-corrected chi connectivity index (χ2v) is 8.68. The van der Waals surface area contributed by atoms with Gasteiger partial charge in [-0.2, -0.15) is 0 Å². The van der Waals surface area contributed by atoms with E-state index in [2.05, 4.69) is 32.2 Å².